The molecule has 1 aliphatic rings. The number of rotatable bonds is 0. The number of aromatic amines is 1. The topological polar surface area (TPSA) is 87.9 Å². The van der Waals surface area contributed by atoms with Crippen LogP contribution in [-0.2, 0) is 13.0 Å². The lowest BCUT2D eigenvalue weighted by atomic mass is 9.99. The van der Waals surface area contributed by atoms with Gasteiger partial charge in [-0.1, -0.05) is 0 Å². The van der Waals surface area contributed by atoms with Gasteiger partial charge in [0.15, 0.2) is 5.65 Å². The van der Waals surface area contributed by atoms with Gasteiger partial charge in [0.25, 0.3) is 0 Å². The van der Waals surface area contributed by atoms with Crippen LogP contribution in [0.25, 0.3) is 11.0 Å². The van der Waals surface area contributed by atoms with Crippen molar-refractivity contribution in [3.8, 4) is 0 Å². The van der Waals surface area contributed by atoms with Crippen LogP contribution in [0.4, 0.5) is 4.79 Å². The molecule has 16 heavy (non-hydrogen) atoms. The molecule has 0 fully saturated rings. The zero-order valence-corrected chi connectivity index (χ0v) is 8.60. The van der Waals surface area contributed by atoms with Crippen molar-refractivity contribution in [2.45, 2.75) is 13.0 Å². The third kappa shape index (κ3) is 1.23. The maximum Gasteiger partial charge on any atom is 0.315 e. The van der Waals surface area contributed by atoms with E-state index in [9.17, 15) is 4.79 Å². The standard InChI is InChI=1S/C10H11N5O/c11-10(16)15-2-1-7-6(5-15)3-12-9-8(7)4-13-14-9/h3-4H,1-2,5H2,(H2,11,16)(H,12,13,14). The molecular formula is C10H11N5O. The van der Waals surface area contributed by atoms with Crippen molar-refractivity contribution in [1.82, 2.24) is 20.1 Å². The number of aromatic nitrogens is 3. The fraction of sp³-hybridized carbons (Fsp3) is 0.300. The first-order valence-corrected chi connectivity index (χ1v) is 5.10. The number of urea groups is 1. The molecule has 3 heterocycles. The van der Waals surface area contributed by atoms with Gasteiger partial charge in [-0.25, -0.2) is 9.78 Å². The molecule has 1 aliphatic heterocycles. The molecule has 0 radical (unpaired) electrons. The summed E-state index contributed by atoms with van der Waals surface area (Å²) in [5.74, 6) is 0. The van der Waals surface area contributed by atoms with Gasteiger partial charge in [-0.15, -0.1) is 0 Å². The van der Waals surface area contributed by atoms with Gasteiger partial charge < -0.3 is 10.6 Å². The maximum atomic E-state index is 11.1. The number of nitrogens with two attached hydrogens (primary N) is 1. The third-order valence-electron chi connectivity index (χ3n) is 2.99. The molecule has 0 saturated carbocycles. The van der Waals surface area contributed by atoms with Gasteiger partial charge in [-0.2, -0.15) is 5.10 Å². The number of primary amides is 1. The van der Waals surface area contributed by atoms with Crippen LogP contribution >= 0.6 is 0 Å². The van der Waals surface area contributed by atoms with E-state index in [0.717, 1.165) is 23.0 Å². The molecule has 2 aromatic rings. The van der Waals surface area contributed by atoms with Gasteiger partial charge in [0.05, 0.1) is 6.20 Å². The number of hydrogen-bond acceptors (Lipinski definition) is 3. The molecule has 3 rings (SSSR count). The Morgan fingerprint density at radius 3 is 3.19 bits per heavy atom. The molecule has 0 aliphatic carbocycles. The second-order valence-corrected chi connectivity index (χ2v) is 3.90. The highest BCUT2D eigenvalue weighted by Crippen LogP contribution is 2.24. The van der Waals surface area contributed by atoms with Gasteiger partial charge in [0.2, 0.25) is 0 Å². The van der Waals surface area contributed by atoms with E-state index in [1.165, 1.54) is 5.56 Å². The highest BCUT2D eigenvalue weighted by molar-refractivity contribution is 5.80. The van der Waals surface area contributed by atoms with Crippen LogP contribution in [0, 0.1) is 0 Å². The van der Waals surface area contributed by atoms with Crippen LogP contribution in [0.15, 0.2) is 12.4 Å². The predicted octanol–water partition coefficient (Wildman–Crippen LogP) is 0.395. The highest BCUT2D eigenvalue weighted by Gasteiger charge is 2.21. The molecule has 3 N–H and O–H groups in total. The van der Waals surface area contributed by atoms with Crippen molar-refractivity contribution < 1.29 is 4.79 Å². The van der Waals surface area contributed by atoms with Crippen LogP contribution in [0.5, 0.6) is 0 Å². The number of amides is 2. The Hall–Kier alpha value is -2.11. The van der Waals surface area contributed by atoms with Crippen LogP contribution in [0.3, 0.4) is 0 Å². The van der Waals surface area contributed by atoms with Gasteiger partial charge >= 0.3 is 6.03 Å². The lowest BCUT2D eigenvalue weighted by Gasteiger charge is -2.27. The number of carbonyl (C=O) groups excluding carboxylic acids is 1. The van der Waals surface area contributed by atoms with Crippen molar-refractivity contribution in [3.05, 3.63) is 23.5 Å². The van der Waals surface area contributed by atoms with E-state index < -0.39 is 0 Å². The number of nitrogens with zero attached hydrogens (tertiary/aromatic N) is 3. The number of hydrogen-bond donors (Lipinski definition) is 2. The largest absolute Gasteiger partial charge is 0.351 e. The van der Waals surface area contributed by atoms with E-state index in [-0.39, 0.29) is 6.03 Å². The second-order valence-electron chi connectivity index (χ2n) is 3.90. The summed E-state index contributed by atoms with van der Waals surface area (Å²) in [5.41, 5.74) is 8.34. The Morgan fingerprint density at radius 2 is 2.38 bits per heavy atom. The summed E-state index contributed by atoms with van der Waals surface area (Å²) >= 11 is 0. The van der Waals surface area contributed by atoms with E-state index in [1.807, 2.05) is 0 Å². The third-order valence-corrected chi connectivity index (χ3v) is 2.99. The highest BCUT2D eigenvalue weighted by atomic mass is 16.2. The lowest BCUT2D eigenvalue weighted by Crippen LogP contribution is -2.39. The van der Waals surface area contributed by atoms with Crippen LogP contribution in [0.1, 0.15) is 11.1 Å². The SMILES string of the molecule is NC(=O)N1CCc2c(cnc3[nH]ncc23)C1. The molecule has 0 spiro atoms. The summed E-state index contributed by atoms with van der Waals surface area (Å²) in [6.07, 6.45) is 4.36. The smallest absolute Gasteiger partial charge is 0.315 e. The number of fused-ring (bicyclic) bond motifs is 3. The predicted molar refractivity (Wildman–Crippen MR) is 57.6 cm³/mol. The Morgan fingerprint density at radius 1 is 1.50 bits per heavy atom. The molecular weight excluding hydrogens is 206 g/mol. The van der Waals surface area contributed by atoms with E-state index in [4.69, 9.17) is 5.73 Å². The first kappa shape index (κ1) is 9.14. The summed E-state index contributed by atoms with van der Waals surface area (Å²) in [6.45, 7) is 1.20. The quantitative estimate of drug-likeness (QED) is 0.669. The molecule has 2 amide bonds. The zero-order valence-electron chi connectivity index (χ0n) is 8.60. The summed E-state index contributed by atoms with van der Waals surface area (Å²) in [6, 6.07) is -0.377. The lowest BCUT2D eigenvalue weighted by molar-refractivity contribution is 0.202. The van der Waals surface area contributed by atoms with Crippen LogP contribution < -0.4 is 5.73 Å². The Kier molecular flexibility index (Phi) is 1.82. The van der Waals surface area contributed by atoms with Crippen molar-refractivity contribution in [2.24, 2.45) is 5.73 Å². The van der Waals surface area contributed by atoms with Gasteiger partial charge in [-0.05, 0) is 17.5 Å². The van der Waals surface area contributed by atoms with E-state index >= 15 is 0 Å². The second kappa shape index (κ2) is 3.19. The Bertz CT molecular complexity index is 561. The number of H-pyrrole nitrogens is 1. The zero-order chi connectivity index (χ0) is 11.1. The molecule has 82 valence electrons. The molecule has 0 bridgehead atoms. The van der Waals surface area contributed by atoms with Crippen molar-refractivity contribution >= 4 is 17.1 Å². The minimum Gasteiger partial charge on any atom is -0.351 e. The van der Waals surface area contributed by atoms with Gasteiger partial charge in [0.1, 0.15) is 0 Å². The average Bonchev–Trinajstić information content (AvgIpc) is 2.76. The monoisotopic (exact) mass is 217 g/mol. The summed E-state index contributed by atoms with van der Waals surface area (Å²) in [4.78, 5) is 17.0. The number of nitrogens with one attached hydrogen (secondary N) is 1. The van der Waals surface area contributed by atoms with E-state index in [2.05, 4.69) is 15.2 Å². The molecule has 0 atom stereocenters. The van der Waals surface area contributed by atoms with Gasteiger partial charge in [0, 0.05) is 24.7 Å². The van der Waals surface area contributed by atoms with Crippen molar-refractivity contribution in [1.29, 1.82) is 0 Å². The number of pyridine rings is 1. The molecule has 0 aromatic carbocycles. The minimum atomic E-state index is -0.377. The average molecular weight is 217 g/mol. The van der Waals surface area contributed by atoms with Crippen molar-refractivity contribution in [2.75, 3.05) is 6.54 Å². The molecule has 6 heteroatoms. The van der Waals surface area contributed by atoms with E-state index in [1.54, 1.807) is 17.3 Å². The molecule has 2 aromatic heterocycles. The van der Waals surface area contributed by atoms with Crippen LogP contribution in [0.2, 0.25) is 0 Å². The van der Waals surface area contributed by atoms with Crippen molar-refractivity contribution in [3.63, 3.8) is 0 Å². The Labute approximate surface area is 91.4 Å². The van der Waals surface area contributed by atoms with Gasteiger partial charge in [-0.3, -0.25) is 5.10 Å². The molecule has 6 nitrogen and oxygen atoms in total. The first-order valence-electron chi connectivity index (χ1n) is 5.10. The fourth-order valence-corrected chi connectivity index (χ4v) is 2.14. The first-order chi connectivity index (χ1) is 7.75. The van der Waals surface area contributed by atoms with E-state index in [0.29, 0.717) is 13.1 Å². The summed E-state index contributed by atoms with van der Waals surface area (Å²) in [7, 11) is 0. The minimum absolute atomic E-state index is 0.377. The fourth-order valence-electron chi connectivity index (χ4n) is 2.14. The normalized spacial score (nSPS) is 15.1. The summed E-state index contributed by atoms with van der Waals surface area (Å²) < 4.78 is 0. The molecule has 0 unspecified atom stereocenters. The number of carbonyl (C=O) groups is 1. The van der Waals surface area contributed by atoms with Crippen LogP contribution in [-0.4, -0.2) is 32.7 Å². The molecule has 0 saturated heterocycles. The maximum absolute atomic E-state index is 11.1. The summed E-state index contributed by atoms with van der Waals surface area (Å²) in [5, 5.41) is 7.85. The Balaban J connectivity index is 2.09.